The van der Waals surface area contributed by atoms with E-state index in [2.05, 4.69) is 25.1 Å². The van der Waals surface area contributed by atoms with E-state index in [4.69, 9.17) is 5.73 Å². The number of hydrogen-bond acceptors (Lipinski definition) is 1. The van der Waals surface area contributed by atoms with Crippen LogP contribution in [0, 0.1) is 12.7 Å². The van der Waals surface area contributed by atoms with Crippen molar-refractivity contribution in [3.8, 4) is 0 Å². The van der Waals surface area contributed by atoms with Crippen molar-refractivity contribution >= 4 is 5.69 Å². The predicted molar refractivity (Wildman–Crippen MR) is 64.8 cm³/mol. The Hall–Kier alpha value is -1.83. The van der Waals surface area contributed by atoms with Gasteiger partial charge in [-0.15, -0.1) is 0 Å². The summed E-state index contributed by atoms with van der Waals surface area (Å²) in [5.74, 6) is -0.287. The van der Waals surface area contributed by atoms with Crippen molar-refractivity contribution in [1.29, 1.82) is 0 Å². The van der Waals surface area contributed by atoms with Crippen molar-refractivity contribution in [2.45, 2.75) is 13.3 Å². The Morgan fingerprint density at radius 2 is 1.94 bits per heavy atom. The minimum Gasteiger partial charge on any atom is -0.398 e. The van der Waals surface area contributed by atoms with Gasteiger partial charge in [-0.3, -0.25) is 0 Å². The highest BCUT2D eigenvalue weighted by atomic mass is 19.1. The molecule has 0 unspecified atom stereocenters. The average molecular weight is 215 g/mol. The molecular weight excluding hydrogens is 201 g/mol. The molecule has 2 aromatic carbocycles. The zero-order valence-corrected chi connectivity index (χ0v) is 9.20. The molecule has 0 saturated heterocycles. The number of nitrogens with two attached hydrogens (primary N) is 1. The lowest BCUT2D eigenvalue weighted by atomic mass is 10.0. The van der Waals surface area contributed by atoms with Gasteiger partial charge in [-0.1, -0.05) is 35.9 Å². The lowest BCUT2D eigenvalue weighted by Crippen LogP contribution is -1.96. The Bertz CT molecular complexity index is 506. The number of anilines is 1. The molecule has 0 saturated carbocycles. The van der Waals surface area contributed by atoms with Gasteiger partial charge in [0.1, 0.15) is 5.82 Å². The third-order valence-corrected chi connectivity index (χ3v) is 2.58. The molecule has 0 fully saturated rings. The molecule has 2 heteroatoms. The molecule has 0 amide bonds. The van der Waals surface area contributed by atoms with Gasteiger partial charge in [-0.25, -0.2) is 4.39 Å². The first-order chi connectivity index (χ1) is 7.65. The van der Waals surface area contributed by atoms with Crippen LogP contribution in [0.15, 0.2) is 42.5 Å². The van der Waals surface area contributed by atoms with Crippen molar-refractivity contribution in [1.82, 2.24) is 0 Å². The molecule has 0 bridgehead atoms. The van der Waals surface area contributed by atoms with Gasteiger partial charge in [0, 0.05) is 5.69 Å². The zero-order chi connectivity index (χ0) is 11.5. The van der Waals surface area contributed by atoms with Crippen LogP contribution in [0.1, 0.15) is 16.7 Å². The summed E-state index contributed by atoms with van der Waals surface area (Å²) in [4.78, 5) is 0. The molecule has 0 aliphatic heterocycles. The maximum Gasteiger partial charge on any atom is 0.125 e. The summed E-state index contributed by atoms with van der Waals surface area (Å²) in [5.41, 5.74) is 9.66. The van der Waals surface area contributed by atoms with Crippen molar-refractivity contribution < 1.29 is 4.39 Å². The van der Waals surface area contributed by atoms with E-state index in [-0.39, 0.29) is 5.82 Å². The molecule has 2 N–H and O–H groups in total. The lowest BCUT2D eigenvalue weighted by molar-refractivity contribution is 0.628. The van der Waals surface area contributed by atoms with Crippen LogP contribution in [0.3, 0.4) is 0 Å². The van der Waals surface area contributed by atoms with Gasteiger partial charge in [-0.05, 0) is 36.6 Å². The van der Waals surface area contributed by atoms with Crippen LogP contribution in [-0.2, 0) is 6.42 Å². The Labute approximate surface area is 94.7 Å². The molecule has 2 rings (SSSR count). The van der Waals surface area contributed by atoms with Crippen molar-refractivity contribution in [3.63, 3.8) is 0 Å². The minimum atomic E-state index is -0.287. The predicted octanol–water partition coefficient (Wildman–Crippen LogP) is 3.31. The average Bonchev–Trinajstić information content (AvgIpc) is 2.22. The molecule has 2 aromatic rings. The van der Waals surface area contributed by atoms with Crippen LogP contribution in [0.5, 0.6) is 0 Å². The lowest BCUT2D eigenvalue weighted by Gasteiger charge is -2.06. The fourth-order valence-corrected chi connectivity index (χ4v) is 1.77. The van der Waals surface area contributed by atoms with Crippen molar-refractivity contribution in [2.75, 3.05) is 5.73 Å². The largest absolute Gasteiger partial charge is 0.398 e. The molecule has 82 valence electrons. The molecule has 0 aliphatic carbocycles. The molecule has 0 radical (unpaired) electrons. The first-order valence-corrected chi connectivity index (χ1v) is 5.24. The number of benzene rings is 2. The normalized spacial score (nSPS) is 10.4. The standard InChI is InChI=1S/C14H14FN/c1-10-3-2-4-11(7-10)8-12-5-6-13(15)9-14(12)16/h2-7,9H,8,16H2,1H3. The summed E-state index contributed by atoms with van der Waals surface area (Å²) >= 11 is 0. The van der Waals surface area contributed by atoms with E-state index >= 15 is 0 Å². The van der Waals surface area contributed by atoms with Crippen LogP contribution >= 0.6 is 0 Å². The molecule has 0 atom stereocenters. The van der Waals surface area contributed by atoms with Gasteiger partial charge in [0.15, 0.2) is 0 Å². The maximum absolute atomic E-state index is 12.9. The van der Waals surface area contributed by atoms with E-state index < -0.39 is 0 Å². The topological polar surface area (TPSA) is 26.0 Å². The van der Waals surface area contributed by atoms with E-state index in [1.54, 1.807) is 6.07 Å². The van der Waals surface area contributed by atoms with E-state index in [0.29, 0.717) is 5.69 Å². The zero-order valence-electron chi connectivity index (χ0n) is 9.20. The summed E-state index contributed by atoms with van der Waals surface area (Å²) in [6, 6.07) is 12.8. The number of hydrogen-bond donors (Lipinski definition) is 1. The summed E-state index contributed by atoms with van der Waals surface area (Å²) in [6.07, 6.45) is 0.744. The monoisotopic (exact) mass is 215 g/mol. The van der Waals surface area contributed by atoms with Crippen LogP contribution in [0.25, 0.3) is 0 Å². The van der Waals surface area contributed by atoms with Gasteiger partial charge in [0.25, 0.3) is 0 Å². The van der Waals surface area contributed by atoms with E-state index in [9.17, 15) is 4.39 Å². The third-order valence-electron chi connectivity index (χ3n) is 2.58. The van der Waals surface area contributed by atoms with Gasteiger partial charge < -0.3 is 5.73 Å². The molecule has 1 nitrogen and oxygen atoms in total. The van der Waals surface area contributed by atoms with Gasteiger partial charge in [0.05, 0.1) is 0 Å². The second-order valence-electron chi connectivity index (χ2n) is 4.01. The first kappa shape index (κ1) is 10.7. The Balaban J connectivity index is 2.27. The highest BCUT2D eigenvalue weighted by Crippen LogP contribution is 2.18. The fraction of sp³-hybridized carbons (Fsp3) is 0.143. The summed E-state index contributed by atoms with van der Waals surface area (Å²) in [7, 11) is 0. The molecule has 0 aliphatic rings. The van der Waals surface area contributed by atoms with Crippen LogP contribution in [-0.4, -0.2) is 0 Å². The van der Waals surface area contributed by atoms with E-state index in [1.807, 2.05) is 6.07 Å². The highest BCUT2D eigenvalue weighted by molar-refractivity contribution is 5.49. The number of aryl methyl sites for hydroxylation is 1. The summed E-state index contributed by atoms with van der Waals surface area (Å²) in [6.45, 7) is 2.05. The Morgan fingerprint density at radius 3 is 2.62 bits per heavy atom. The molecule has 16 heavy (non-hydrogen) atoms. The van der Waals surface area contributed by atoms with Gasteiger partial charge in [-0.2, -0.15) is 0 Å². The second kappa shape index (κ2) is 4.35. The minimum absolute atomic E-state index is 0.287. The van der Waals surface area contributed by atoms with E-state index in [1.165, 1.54) is 23.3 Å². The van der Waals surface area contributed by atoms with Crippen molar-refractivity contribution in [3.05, 3.63) is 65.0 Å². The van der Waals surface area contributed by atoms with Gasteiger partial charge in [0.2, 0.25) is 0 Å². The van der Waals surface area contributed by atoms with Crippen LogP contribution < -0.4 is 5.73 Å². The molecular formula is C14H14FN. The quantitative estimate of drug-likeness (QED) is 0.764. The maximum atomic E-state index is 12.9. The summed E-state index contributed by atoms with van der Waals surface area (Å²) < 4.78 is 12.9. The molecule has 0 aromatic heterocycles. The third kappa shape index (κ3) is 2.40. The van der Waals surface area contributed by atoms with Crippen LogP contribution in [0.4, 0.5) is 10.1 Å². The highest BCUT2D eigenvalue weighted by Gasteiger charge is 2.02. The Kier molecular flexibility index (Phi) is 2.91. The van der Waals surface area contributed by atoms with Gasteiger partial charge >= 0.3 is 0 Å². The first-order valence-electron chi connectivity index (χ1n) is 5.24. The van der Waals surface area contributed by atoms with Crippen LogP contribution in [0.2, 0.25) is 0 Å². The van der Waals surface area contributed by atoms with E-state index in [0.717, 1.165) is 12.0 Å². The molecule has 0 spiro atoms. The molecule has 0 heterocycles. The van der Waals surface area contributed by atoms with Crippen molar-refractivity contribution in [2.24, 2.45) is 0 Å². The summed E-state index contributed by atoms with van der Waals surface area (Å²) in [5, 5.41) is 0. The Morgan fingerprint density at radius 1 is 1.12 bits per heavy atom. The number of rotatable bonds is 2. The number of halogens is 1. The second-order valence-corrected chi connectivity index (χ2v) is 4.01. The number of nitrogen functional groups attached to an aromatic ring is 1. The SMILES string of the molecule is Cc1cccc(Cc2ccc(F)cc2N)c1. The smallest absolute Gasteiger partial charge is 0.125 e. The fourth-order valence-electron chi connectivity index (χ4n) is 1.77.